The van der Waals surface area contributed by atoms with Crippen molar-refractivity contribution in [2.45, 2.75) is 12.8 Å². The molecule has 19 heavy (non-hydrogen) atoms. The number of aryl methyl sites for hydroxylation is 1. The second-order valence-electron chi connectivity index (χ2n) is 4.21. The van der Waals surface area contributed by atoms with Gasteiger partial charge in [0.2, 0.25) is 11.8 Å². The molecule has 1 heterocycles. The van der Waals surface area contributed by atoms with Gasteiger partial charge in [-0.15, -0.1) is 0 Å². The van der Waals surface area contributed by atoms with E-state index in [1.807, 2.05) is 24.3 Å². The van der Waals surface area contributed by atoms with Crippen LogP contribution in [0.3, 0.4) is 0 Å². The number of hydrogen-bond acceptors (Lipinski definition) is 4. The highest BCUT2D eigenvalue weighted by atomic mass is 16.5. The van der Waals surface area contributed by atoms with Crippen LogP contribution in [0, 0.1) is 5.92 Å². The SMILES string of the molecule is COc1ccccc1CCC1C(=O)NC(=O)NC1=O. The molecule has 0 aliphatic carbocycles. The predicted octanol–water partition coefficient (Wildman–Crippen LogP) is 0.610. The Balaban J connectivity index is 2.04. The number of ether oxygens (including phenoxy) is 1. The summed E-state index contributed by atoms with van der Waals surface area (Å²) in [5, 5.41) is 4.17. The summed E-state index contributed by atoms with van der Waals surface area (Å²) >= 11 is 0. The van der Waals surface area contributed by atoms with Crippen LogP contribution < -0.4 is 15.4 Å². The first kappa shape index (κ1) is 13.1. The quantitative estimate of drug-likeness (QED) is 0.779. The molecule has 2 rings (SSSR count). The number of rotatable bonds is 4. The Morgan fingerprint density at radius 1 is 1.11 bits per heavy atom. The number of barbiturate groups is 1. The van der Waals surface area contributed by atoms with Crippen molar-refractivity contribution in [1.82, 2.24) is 10.6 Å². The van der Waals surface area contributed by atoms with Crippen molar-refractivity contribution in [2.24, 2.45) is 5.92 Å². The molecule has 0 spiro atoms. The Morgan fingerprint density at radius 2 is 1.74 bits per heavy atom. The maximum Gasteiger partial charge on any atom is 0.328 e. The van der Waals surface area contributed by atoms with Crippen molar-refractivity contribution < 1.29 is 19.1 Å². The molecule has 0 aromatic heterocycles. The summed E-state index contributed by atoms with van der Waals surface area (Å²) in [5.41, 5.74) is 0.919. The van der Waals surface area contributed by atoms with E-state index in [1.165, 1.54) is 0 Å². The van der Waals surface area contributed by atoms with Gasteiger partial charge in [0.05, 0.1) is 7.11 Å². The van der Waals surface area contributed by atoms with E-state index < -0.39 is 23.8 Å². The van der Waals surface area contributed by atoms with Gasteiger partial charge in [0, 0.05) is 0 Å². The molecule has 100 valence electrons. The molecule has 1 fully saturated rings. The van der Waals surface area contributed by atoms with Gasteiger partial charge in [0.25, 0.3) is 0 Å². The largest absolute Gasteiger partial charge is 0.496 e. The molecule has 1 aromatic rings. The molecule has 6 heteroatoms. The lowest BCUT2D eigenvalue weighted by Gasteiger charge is -2.20. The van der Waals surface area contributed by atoms with E-state index in [-0.39, 0.29) is 0 Å². The van der Waals surface area contributed by atoms with Gasteiger partial charge in [0.1, 0.15) is 11.7 Å². The van der Waals surface area contributed by atoms with E-state index in [2.05, 4.69) is 10.6 Å². The van der Waals surface area contributed by atoms with Crippen LogP contribution in [0.4, 0.5) is 4.79 Å². The van der Waals surface area contributed by atoms with Gasteiger partial charge in [0.15, 0.2) is 0 Å². The van der Waals surface area contributed by atoms with Gasteiger partial charge in [-0.2, -0.15) is 0 Å². The van der Waals surface area contributed by atoms with E-state index in [4.69, 9.17) is 4.74 Å². The monoisotopic (exact) mass is 262 g/mol. The van der Waals surface area contributed by atoms with Gasteiger partial charge in [-0.05, 0) is 24.5 Å². The lowest BCUT2D eigenvalue weighted by molar-refractivity contribution is -0.136. The van der Waals surface area contributed by atoms with Crippen LogP contribution in [0.1, 0.15) is 12.0 Å². The summed E-state index contributed by atoms with van der Waals surface area (Å²) in [6.07, 6.45) is 0.842. The van der Waals surface area contributed by atoms with Crippen LogP contribution in [-0.2, 0) is 16.0 Å². The van der Waals surface area contributed by atoms with Gasteiger partial charge < -0.3 is 4.74 Å². The standard InChI is InChI=1S/C13H14N2O4/c1-19-10-5-3-2-4-8(10)6-7-9-11(16)14-13(18)15-12(9)17/h2-5,9H,6-7H2,1H3,(H2,14,15,16,17,18). The van der Waals surface area contributed by atoms with Crippen molar-refractivity contribution in [1.29, 1.82) is 0 Å². The molecular formula is C13H14N2O4. The number of amides is 4. The van der Waals surface area contributed by atoms with Crippen LogP contribution >= 0.6 is 0 Å². The molecule has 4 amide bonds. The molecule has 0 saturated carbocycles. The van der Waals surface area contributed by atoms with E-state index in [0.717, 1.165) is 11.3 Å². The normalized spacial score (nSPS) is 15.9. The third-order valence-electron chi connectivity index (χ3n) is 3.00. The Bertz CT molecular complexity index is 507. The molecule has 1 aliphatic rings. The number of imide groups is 2. The minimum absolute atomic E-state index is 0.325. The third-order valence-corrected chi connectivity index (χ3v) is 3.00. The summed E-state index contributed by atoms with van der Waals surface area (Å²) in [6.45, 7) is 0. The van der Waals surface area contributed by atoms with Crippen LogP contribution in [0.2, 0.25) is 0 Å². The highest BCUT2D eigenvalue weighted by Gasteiger charge is 2.33. The molecule has 6 nitrogen and oxygen atoms in total. The van der Waals surface area contributed by atoms with Crippen molar-refractivity contribution in [3.8, 4) is 5.75 Å². The average Bonchev–Trinajstić information content (AvgIpc) is 2.38. The van der Waals surface area contributed by atoms with Crippen molar-refractivity contribution in [3.63, 3.8) is 0 Å². The number of carbonyl (C=O) groups is 3. The highest BCUT2D eigenvalue weighted by molar-refractivity contribution is 6.16. The van der Waals surface area contributed by atoms with Crippen LogP contribution in [0.5, 0.6) is 5.75 Å². The first-order valence-corrected chi connectivity index (χ1v) is 5.89. The molecule has 0 radical (unpaired) electrons. The third kappa shape index (κ3) is 2.90. The maximum absolute atomic E-state index is 11.6. The van der Waals surface area contributed by atoms with Crippen molar-refractivity contribution in [2.75, 3.05) is 7.11 Å². The Kier molecular flexibility index (Phi) is 3.79. The zero-order chi connectivity index (χ0) is 13.8. The number of hydrogen-bond donors (Lipinski definition) is 2. The summed E-state index contributed by atoms with van der Waals surface area (Å²) in [4.78, 5) is 34.1. The second-order valence-corrected chi connectivity index (χ2v) is 4.21. The fraction of sp³-hybridized carbons (Fsp3) is 0.308. The van der Waals surface area contributed by atoms with E-state index in [0.29, 0.717) is 12.8 Å². The van der Waals surface area contributed by atoms with Gasteiger partial charge in [-0.1, -0.05) is 18.2 Å². The van der Waals surface area contributed by atoms with Crippen LogP contribution in [0.25, 0.3) is 0 Å². The molecule has 0 unspecified atom stereocenters. The topological polar surface area (TPSA) is 84.5 Å². The Morgan fingerprint density at radius 3 is 2.37 bits per heavy atom. The Labute approximate surface area is 110 Å². The van der Waals surface area contributed by atoms with Crippen LogP contribution in [0.15, 0.2) is 24.3 Å². The van der Waals surface area contributed by atoms with E-state index >= 15 is 0 Å². The minimum atomic E-state index is -0.845. The fourth-order valence-corrected chi connectivity index (χ4v) is 2.02. The Hall–Kier alpha value is -2.37. The number of urea groups is 1. The summed E-state index contributed by atoms with van der Waals surface area (Å²) in [6, 6.07) is 6.65. The smallest absolute Gasteiger partial charge is 0.328 e. The number of methoxy groups -OCH3 is 1. The minimum Gasteiger partial charge on any atom is -0.496 e. The summed E-state index contributed by atoms with van der Waals surface area (Å²) in [5.74, 6) is -1.23. The lowest BCUT2D eigenvalue weighted by atomic mass is 9.96. The van der Waals surface area contributed by atoms with Crippen molar-refractivity contribution >= 4 is 17.8 Å². The van der Waals surface area contributed by atoms with Crippen LogP contribution in [-0.4, -0.2) is 25.0 Å². The number of carbonyl (C=O) groups excluding carboxylic acids is 3. The molecule has 1 aromatic carbocycles. The predicted molar refractivity (Wildman–Crippen MR) is 66.5 cm³/mol. The first-order chi connectivity index (χ1) is 9.11. The average molecular weight is 262 g/mol. The zero-order valence-corrected chi connectivity index (χ0v) is 10.4. The molecule has 0 bridgehead atoms. The second kappa shape index (κ2) is 5.51. The number of para-hydroxylation sites is 1. The maximum atomic E-state index is 11.6. The van der Waals surface area contributed by atoms with E-state index in [1.54, 1.807) is 7.11 Å². The van der Waals surface area contributed by atoms with Gasteiger partial charge in [-0.25, -0.2) is 4.79 Å². The highest BCUT2D eigenvalue weighted by Crippen LogP contribution is 2.21. The lowest BCUT2D eigenvalue weighted by Crippen LogP contribution is -2.55. The molecule has 1 aliphatic heterocycles. The summed E-state index contributed by atoms with van der Waals surface area (Å²) < 4.78 is 5.20. The molecule has 1 saturated heterocycles. The first-order valence-electron chi connectivity index (χ1n) is 5.89. The van der Waals surface area contributed by atoms with E-state index in [9.17, 15) is 14.4 Å². The number of benzene rings is 1. The van der Waals surface area contributed by atoms with Gasteiger partial charge >= 0.3 is 6.03 Å². The molecule has 0 atom stereocenters. The summed E-state index contributed by atoms with van der Waals surface area (Å²) in [7, 11) is 1.57. The number of nitrogens with one attached hydrogen (secondary N) is 2. The fourth-order valence-electron chi connectivity index (χ4n) is 2.02. The molecule has 2 N–H and O–H groups in total. The zero-order valence-electron chi connectivity index (χ0n) is 10.4. The van der Waals surface area contributed by atoms with Crippen molar-refractivity contribution in [3.05, 3.63) is 29.8 Å². The van der Waals surface area contributed by atoms with Gasteiger partial charge in [-0.3, -0.25) is 20.2 Å². The molecular weight excluding hydrogens is 248 g/mol.